The van der Waals surface area contributed by atoms with E-state index in [4.69, 9.17) is 4.74 Å². The number of carbonyl (C=O) groups excluding carboxylic acids is 3. The van der Waals surface area contributed by atoms with Gasteiger partial charge in [-0.25, -0.2) is 0 Å². The van der Waals surface area contributed by atoms with E-state index in [0.717, 1.165) is 22.0 Å². The normalized spacial score (nSPS) is 10.2. The quantitative estimate of drug-likeness (QED) is 0.594. The number of ether oxygens (including phenoxy) is 1. The van der Waals surface area contributed by atoms with Crippen molar-refractivity contribution in [3.05, 3.63) is 58.1 Å². The Morgan fingerprint density at radius 1 is 0.964 bits per heavy atom. The van der Waals surface area contributed by atoms with Crippen molar-refractivity contribution in [2.45, 2.75) is 33.1 Å². The number of para-hydroxylation sites is 1. The fourth-order valence-corrected chi connectivity index (χ4v) is 3.03. The minimum absolute atomic E-state index is 0.0192. The maximum absolute atomic E-state index is 12.0. The van der Waals surface area contributed by atoms with E-state index in [0.29, 0.717) is 11.4 Å². The van der Waals surface area contributed by atoms with Crippen molar-refractivity contribution in [1.29, 1.82) is 0 Å². The Morgan fingerprint density at radius 2 is 1.68 bits per heavy atom. The average Bonchev–Trinajstić information content (AvgIpc) is 2.67. The van der Waals surface area contributed by atoms with Crippen LogP contribution in [0.1, 0.15) is 30.9 Å². The topological polar surface area (TPSA) is 84.5 Å². The standard InChI is InChI=1S/C21H23BrN2O4/c1-3-15-6-4-5-7-18(15)24-20(26)13-28-21(27)11-10-19(25)23-17-9-8-16(22)12-14(17)2/h4-9,12H,3,10-11,13H2,1-2H3,(H,23,25)(H,24,26). The molecule has 2 aromatic carbocycles. The number of halogens is 1. The first-order chi connectivity index (χ1) is 13.4. The molecule has 2 N–H and O–H groups in total. The SMILES string of the molecule is CCc1ccccc1NC(=O)COC(=O)CCC(=O)Nc1ccc(Br)cc1C. The van der Waals surface area contributed by atoms with Crippen molar-refractivity contribution < 1.29 is 19.1 Å². The van der Waals surface area contributed by atoms with Gasteiger partial charge in [0.2, 0.25) is 5.91 Å². The van der Waals surface area contributed by atoms with Crippen molar-refractivity contribution >= 4 is 45.1 Å². The first kappa shape index (κ1) is 21.6. The number of hydrogen-bond donors (Lipinski definition) is 2. The number of rotatable bonds is 8. The zero-order valence-corrected chi connectivity index (χ0v) is 17.5. The van der Waals surface area contributed by atoms with Gasteiger partial charge in [-0.3, -0.25) is 14.4 Å². The highest BCUT2D eigenvalue weighted by Crippen LogP contribution is 2.20. The van der Waals surface area contributed by atoms with Gasteiger partial charge in [0.25, 0.3) is 5.91 Å². The van der Waals surface area contributed by atoms with Crippen LogP contribution >= 0.6 is 15.9 Å². The number of nitrogens with one attached hydrogen (secondary N) is 2. The summed E-state index contributed by atoms with van der Waals surface area (Å²) in [5.74, 6) is -1.30. The number of amides is 2. The average molecular weight is 447 g/mol. The highest BCUT2D eigenvalue weighted by molar-refractivity contribution is 9.10. The van der Waals surface area contributed by atoms with E-state index in [-0.39, 0.29) is 25.4 Å². The van der Waals surface area contributed by atoms with E-state index in [1.165, 1.54) is 0 Å². The molecule has 2 amide bonds. The third-order valence-corrected chi connectivity index (χ3v) is 4.55. The molecule has 2 aromatic rings. The van der Waals surface area contributed by atoms with Gasteiger partial charge in [-0.05, 0) is 48.7 Å². The van der Waals surface area contributed by atoms with Crippen molar-refractivity contribution in [3.8, 4) is 0 Å². The molecule has 0 radical (unpaired) electrons. The zero-order chi connectivity index (χ0) is 20.5. The lowest BCUT2D eigenvalue weighted by Crippen LogP contribution is -2.22. The monoisotopic (exact) mass is 446 g/mol. The van der Waals surface area contributed by atoms with E-state index in [1.807, 2.05) is 44.2 Å². The fourth-order valence-electron chi connectivity index (χ4n) is 2.55. The molecule has 0 aliphatic heterocycles. The molecule has 0 saturated carbocycles. The molecule has 6 nitrogen and oxygen atoms in total. The van der Waals surface area contributed by atoms with Crippen molar-refractivity contribution in [1.82, 2.24) is 0 Å². The number of benzene rings is 2. The number of aryl methyl sites for hydroxylation is 2. The van der Waals surface area contributed by atoms with Crippen LogP contribution in [0.15, 0.2) is 46.9 Å². The number of esters is 1. The summed E-state index contributed by atoms with van der Waals surface area (Å²) in [6.45, 7) is 3.49. The summed E-state index contributed by atoms with van der Waals surface area (Å²) in [5, 5.41) is 5.48. The van der Waals surface area contributed by atoms with Crippen molar-refractivity contribution in [2.24, 2.45) is 0 Å². The fraction of sp³-hybridized carbons (Fsp3) is 0.286. The first-order valence-corrected chi connectivity index (χ1v) is 9.77. The maximum atomic E-state index is 12.0. The number of anilines is 2. The molecule has 0 heterocycles. The highest BCUT2D eigenvalue weighted by Gasteiger charge is 2.12. The lowest BCUT2D eigenvalue weighted by molar-refractivity contribution is -0.147. The van der Waals surface area contributed by atoms with Crippen LogP contribution in [-0.2, 0) is 25.5 Å². The largest absolute Gasteiger partial charge is 0.456 e. The summed E-state index contributed by atoms with van der Waals surface area (Å²) in [4.78, 5) is 35.8. The first-order valence-electron chi connectivity index (χ1n) is 8.98. The molecule has 2 rings (SSSR count). The summed E-state index contributed by atoms with van der Waals surface area (Å²) in [6, 6.07) is 12.9. The molecule has 148 valence electrons. The van der Waals surface area contributed by atoms with Crippen molar-refractivity contribution in [2.75, 3.05) is 17.2 Å². The van der Waals surface area contributed by atoms with Gasteiger partial charge in [-0.15, -0.1) is 0 Å². The van der Waals surface area contributed by atoms with E-state index in [1.54, 1.807) is 12.1 Å². The summed E-state index contributed by atoms with van der Waals surface area (Å²) in [6.07, 6.45) is 0.665. The second kappa shape index (κ2) is 10.6. The Morgan fingerprint density at radius 3 is 2.39 bits per heavy atom. The smallest absolute Gasteiger partial charge is 0.306 e. The predicted molar refractivity (Wildman–Crippen MR) is 112 cm³/mol. The van der Waals surface area contributed by atoms with E-state index in [9.17, 15) is 14.4 Å². The second-order valence-electron chi connectivity index (χ2n) is 6.23. The Balaban J connectivity index is 1.73. The molecule has 0 saturated heterocycles. The van der Waals surface area contributed by atoms with Gasteiger partial charge in [0.15, 0.2) is 6.61 Å². The highest BCUT2D eigenvalue weighted by atomic mass is 79.9. The molecule has 0 aromatic heterocycles. The molecule has 7 heteroatoms. The lowest BCUT2D eigenvalue weighted by atomic mass is 10.1. The van der Waals surface area contributed by atoms with Gasteiger partial charge in [0.05, 0.1) is 6.42 Å². The summed E-state index contributed by atoms with van der Waals surface area (Å²) >= 11 is 3.36. The molecule has 0 atom stereocenters. The van der Waals surface area contributed by atoms with Gasteiger partial charge in [0.1, 0.15) is 0 Å². The molecule has 0 unspecified atom stereocenters. The maximum Gasteiger partial charge on any atom is 0.306 e. The Hall–Kier alpha value is -2.67. The van der Waals surface area contributed by atoms with Gasteiger partial charge >= 0.3 is 5.97 Å². The van der Waals surface area contributed by atoms with Gasteiger partial charge in [-0.2, -0.15) is 0 Å². The number of hydrogen-bond acceptors (Lipinski definition) is 4. The molecule has 28 heavy (non-hydrogen) atoms. The molecule has 0 fully saturated rings. The molecule has 0 aliphatic rings. The molecule has 0 bridgehead atoms. The Labute approximate surface area is 172 Å². The van der Waals surface area contributed by atoms with Crippen LogP contribution in [0, 0.1) is 6.92 Å². The Bertz CT molecular complexity index is 867. The van der Waals surface area contributed by atoms with Crippen LogP contribution in [0.25, 0.3) is 0 Å². The van der Waals surface area contributed by atoms with Gasteiger partial charge < -0.3 is 15.4 Å². The van der Waals surface area contributed by atoms with Crippen LogP contribution in [0.5, 0.6) is 0 Å². The lowest BCUT2D eigenvalue weighted by Gasteiger charge is -2.10. The minimum atomic E-state index is -0.596. The molecular formula is C21H23BrN2O4. The van der Waals surface area contributed by atoms with Crippen LogP contribution < -0.4 is 10.6 Å². The van der Waals surface area contributed by atoms with Crippen LogP contribution in [0.4, 0.5) is 11.4 Å². The van der Waals surface area contributed by atoms with Crippen LogP contribution in [-0.4, -0.2) is 24.4 Å². The number of carbonyl (C=O) groups is 3. The van der Waals surface area contributed by atoms with E-state index < -0.39 is 11.9 Å². The summed E-state index contributed by atoms with van der Waals surface area (Å²) in [7, 11) is 0. The predicted octanol–water partition coefficient (Wildman–Crippen LogP) is 4.22. The molecule has 0 spiro atoms. The second-order valence-corrected chi connectivity index (χ2v) is 7.14. The third kappa shape index (κ3) is 6.81. The minimum Gasteiger partial charge on any atom is -0.456 e. The summed E-state index contributed by atoms with van der Waals surface area (Å²) in [5.41, 5.74) is 3.31. The zero-order valence-electron chi connectivity index (χ0n) is 15.9. The van der Waals surface area contributed by atoms with E-state index in [2.05, 4.69) is 26.6 Å². The molecule has 0 aliphatic carbocycles. The van der Waals surface area contributed by atoms with Crippen LogP contribution in [0.2, 0.25) is 0 Å². The molecular weight excluding hydrogens is 424 g/mol. The third-order valence-electron chi connectivity index (χ3n) is 4.06. The van der Waals surface area contributed by atoms with Crippen LogP contribution in [0.3, 0.4) is 0 Å². The van der Waals surface area contributed by atoms with Gasteiger partial charge in [0, 0.05) is 22.3 Å². The Kier molecular flexibility index (Phi) is 8.19. The van der Waals surface area contributed by atoms with E-state index >= 15 is 0 Å². The summed E-state index contributed by atoms with van der Waals surface area (Å²) < 4.78 is 5.88. The van der Waals surface area contributed by atoms with Gasteiger partial charge in [-0.1, -0.05) is 41.1 Å². The van der Waals surface area contributed by atoms with Crippen molar-refractivity contribution in [3.63, 3.8) is 0 Å².